The van der Waals surface area contributed by atoms with Crippen LogP contribution in [-0.2, 0) is 32.3 Å². The second-order valence-corrected chi connectivity index (χ2v) is 6.65. The lowest BCUT2D eigenvalue weighted by molar-refractivity contribution is -0.282. The smallest absolute Gasteiger partial charge is 0.310 e. The number of hydrogen-bond acceptors (Lipinski definition) is 6. The molecule has 146 valence electrons. The predicted molar refractivity (Wildman–Crippen MR) is 108 cm³/mol. The van der Waals surface area contributed by atoms with Crippen LogP contribution in [0.2, 0.25) is 0 Å². The highest BCUT2D eigenvalue weighted by atomic mass is 17.2. The van der Waals surface area contributed by atoms with E-state index in [1.54, 1.807) is 0 Å². The summed E-state index contributed by atoms with van der Waals surface area (Å²) < 4.78 is 4.89. The summed E-state index contributed by atoms with van der Waals surface area (Å²) in [6.07, 6.45) is 0.202. The molecule has 2 rings (SSSR count). The van der Waals surface area contributed by atoms with Crippen LogP contribution in [0.15, 0.2) is 36.4 Å². The molecule has 0 aliphatic carbocycles. The van der Waals surface area contributed by atoms with Crippen molar-refractivity contribution in [1.29, 1.82) is 0 Å². The Kier molecular flexibility index (Phi) is 7.21. The molecule has 0 spiro atoms. The van der Waals surface area contributed by atoms with E-state index >= 15 is 0 Å². The van der Waals surface area contributed by atoms with Crippen LogP contribution in [0.5, 0.6) is 0 Å². The second kappa shape index (κ2) is 9.39. The molecule has 0 saturated carbocycles. The summed E-state index contributed by atoms with van der Waals surface area (Å²) in [5.74, 6) is -0.272. The second-order valence-electron chi connectivity index (χ2n) is 6.65. The lowest BCUT2D eigenvalue weighted by Gasteiger charge is -2.20. The number of esters is 1. The van der Waals surface area contributed by atoms with E-state index in [2.05, 4.69) is 12.1 Å². The molecule has 6 nitrogen and oxygen atoms in total. The van der Waals surface area contributed by atoms with Crippen molar-refractivity contribution in [2.75, 3.05) is 52.2 Å². The molecule has 0 fully saturated rings. The summed E-state index contributed by atoms with van der Waals surface area (Å²) in [4.78, 5) is 26.0. The predicted octanol–water partition coefficient (Wildman–Crippen LogP) is 3.28. The van der Waals surface area contributed by atoms with Gasteiger partial charge < -0.3 is 14.5 Å². The quantitative estimate of drug-likeness (QED) is 0.403. The number of benzene rings is 2. The molecule has 6 heteroatoms. The topological polar surface area (TPSA) is 51.2 Å². The molecule has 0 atom stereocenters. The summed E-state index contributed by atoms with van der Waals surface area (Å²) in [5.41, 5.74) is 5.95. The van der Waals surface area contributed by atoms with E-state index in [-0.39, 0.29) is 12.4 Å². The Morgan fingerprint density at radius 1 is 0.852 bits per heavy atom. The van der Waals surface area contributed by atoms with Crippen molar-refractivity contribution >= 4 is 17.3 Å². The van der Waals surface area contributed by atoms with Crippen molar-refractivity contribution in [3.05, 3.63) is 47.5 Å². The van der Waals surface area contributed by atoms with Crippen molar-refractivity contribution in [2.24, 2.45) is 0 Å². The van der Waals surface area contributed by atoms with Gasteiger partial charge in [-0.15, -0.1) is 0 Å². The zero-order chi connectivity index (χ0) is 20.0. The molecule has 0 unspecified atom stereocenters. The summed E-state index contributed by atoms with van der Waals surface area (Å²) in [7, 11) is 10.8. The van der Waals surface area contributed by atoms with E-state index in [0.717, 1.165) is 33.6 Å². The van der Waals surface area contributed by atoms with Crippen LogP contribution < -0.4 is 9.80 Å². The molecule has 0 bridgehead atoms. The van der Waals surface area contributed by atoms with E-state index < -0.39 is 0 Å². The van der Waals surface area contributed by atoms with Gasteiger partial charge in [0.2, 0.25) is 0 Å². The first-order chi connectivity index (χ1) is 12.9. The van der Waals surface area contributed by atoms with Gasteiger partial charge in [-0.3, -0.25) is 4.79 Å². The third kappa shape index (κ3) is 5.21. The van der Waals surface area contributed by atoms with Gasteiger partial charge in [0.25, 0.3) is 0 Å². The monoisotopic (exact) mass is 372 g/mol. The van der Waals surface area contributed by atoms with Crippen LogP contribution in [0, 0.1) is 0 Å². The Morgan fingerprint density at radius 3 is 1.85 bits per heavy atom. The number of anilines is 2. The minimum Gasteiger partial charge on any atom is -0.469 e. The third-order valence-electron chi connectivity index (χ3n) is 4.40. The number of rotatable bonds is 8. The standard InChI is InChI=1S/C21H28N2O4/c1-22(2)17-7-9-19(15(11-17)13-21(24)25-5)20-10-8-18(23(3)4)12-16(20)14-27-26-6/h7-12H,13-14H2,1-6H3. The highest BCUT2D eigenvalue weighted by Gasteiger charge is 2.15. The normalized spacial score (nSPS) is 10.6. The van der Waals surface area contributed by atoms with E-state index in [1.807, 2.05) is 62.3 Å². The number of methoxy groups -OCH3 is 1. The summed E-state index contributed by atoms with van der Waals surface area (Å²) in [5, 5.41) is 0. The van der Waals surface area contributed by atoms with E-state index in [4.69, 9.17) is 14.5 Å². The van der Waals surface area contributed by atoms with Gasteiger partial charge in [0, 0.05) is 39.6 Å². The van der Waals surface area contributed by atoms with Crippen LogP contribution in [0.4, 0.5) is 11.4 Å². The molecule has 0 N–H and O–H groups in total. The van der Waals surface area contributed by atoms with Gasteiger partial charge in [0.15, 0.2) is 0 Å². The van der Waals surface area contributed by atoms with Gasteiger partial charge in [-0.25, -0.2) is 9.78 Å². The average molecular weight is 372 g/mol. The van der Waals surface area contributed by atoms with E-state index in [1.165, 1.54) is 14.2 Å². The highest BCUT2D eigenvalue weighted by molar-refractivity contribution is 5.81. The first-order valence-corrected chi connectivity index (χ1v) is 8.70. The number of ether oxygens (including phenoxy) is 1. The van der Waals surface area contributed by atoms with Gasteiger partial charge >= 0.3 is 5.97 Å². The summed E-state index contributed by atoms with van der Waals surface area (Å²) in [6.45, 7) is 0.306. The van der Waals surface area contributed by atoms with Gasteiger partial charge in [-0.2, -0.15) is 0 Å². The average Bonchev–Trinajstić information content (AvgIpc) is 2.65. The Morgan fingerprint density at radius 2 is 1.37 bits per heavy atom. The minimum absolute atomic E-state index is 0.202. The highest BCUT2D eigenvalue weighted by Crippen LogP contribution is 2.33. The summed E-state index contributed by atoms with van der Waals surface area (Å²) in [6, 6.07) is 12.3. The maximum atomic E-state index is 12.0. The first-order valence-electron chi connectivity index (χ1n) is 8.70. The molecule has 2 aromatic rings. The molecule has 0 aliphatic heterocycles. The summed E-state index contributed by atoms with van der Waals surface area (Å²) >= 11 is 0. The van der Waals surface area contributed by atoms with E-state index in [9.17, 15) is 4.79 Å². The van der Waals surface area contributed by atoms with Crippen molar-refractivity contribution < 1.29 is 19.3 Å². The molecular formula is C21H28N2O4. The number of hydrogen-bond donors (Lipinski definition) is 0. The largest absolute Gasteiger partial charge is 0.469 e. The first kappa shape index (κ1) is 20.7. The third-order valence-corrected chi connectivity index (χ3v) is 4.40. The van der Waals surface area contributed by atoms with Crippen molar-refractivity contribution in [3.8, 4) is 11.1 Å². The molecule has 0 aromatic heterocycles. The molecule has 0 saturated heterocycles. The number of nitrogens with zero attached hydrogens (tertiary/aromatic N) is 2. The maximum absolute atomic E-state index is 12.0. The fraction of sp³-hybridized carbons (Fsp3) is 0.381. The molecule has 0 radical (unpaired) electrons. The Hall–Kier alpha value is -2.57. The fourth-order valence-corrected chi connectivity index (χ4v) is 2.86. The van der Waals surface area contributed by atoms with Crippen molar-refractivity contribution in [1.82, 2.24) is 0 Å². The van der Waals surface area contributed by atoms with E-state index in [0.29, 0.717) is 6.61 Å². The lowest BCUT2D eigenvalue weighted by atomic mass is 9.93. The van der Waals surface area contributed by atoms with Crippen LogP contribution >= 0.6 is 0 Å². The van der Waals surface area contributed by atoms with Crippen LogP contribution in [0.25, 0.3) is 11.1 Å². The molecule has 0 amide bonds. The zero-order valence-electron chi connectivity index (χ0n) is 16.9. The lowest BCUT2D eigenvalue weighted by Crippen LogP contribution is -2.12. The molecule has 27 heavy (non-hydrogen) atoms. The molecule has 0 aliphatic rings. The maximum Gasteiger partial charge on any atom is 0.310 e. The van der Waals surface area contributed by atoms with Crippen LogP contribution in [0.1, 0.15) is 11.1 Å². The molecular weight excluding hydrogens is 344 g/mol. The number of carbonyl (C=O) groups excluding carboxylic acids is 1. The minimum atomic E-state index is -0.272. The Balaban J connectivity index is 2.59. The number of carbonyl (C=O) groups is 1. The van der Waals surface area contributed by atoms with Gasteiger partial charge in [-0.05, 0) is 46.5 Å². The van der Waals surface area contributed by atoms with Crippen LogP contribution in [-0.4, -0.2) is 48.4 Å². The Labute approximate surface area is 161 Å². The molecule has 0 heterocycles. The van der Waals surface area contributed by atoms with Crippen LogP contribution in [0.3, 0.4) is 0 Å². The SMILES string of the molecule is COOCc1cc(N(C)C)ccc1-c1ccc(N(C)C)cc1CC(=O)OC. The van der Waals surface area contributed by atoms with Gasteiger partial charge in [0.1, 0.15) is 6.61 Å². The molecule has 2 aromatic carbocycles. The van der Waals surface area contributed by atoms with Crippen molar-refractivity contribution in [3.63, 3.8) is 0 Å². The van der Waals surface area contributed by atoms with Gasteiger partial charge in [0.05, 0.1) is 20.6 Å². The Bertz CT molecular complexity index is 788. The fourth-order valence-electron chi connectivity index (χ4n) is 2.86. The van der Waals surface area contributed by atoms with Crippen molar-refractivity contribution in [2.45, 2.75) is 13.0 Å². The van der Waals surface area contributed by atoms with Gasteiger partial charge in [-0.1, -0.05) is 12.1 Å². The zero-order valence-corrected chi connectivity index (χ0v) is 16.9.